The van der Waals surface area contributed by atoms with Crippen molar-refractivity contribution >= 4 is 23.8 Å². The van der Waals surface area contributed by atoms with Gasteiger partial charge in [-0.3, -0.25) is 9.59 Å². The van der Waals surface area contributed by atoms with Gasteiger partial charge in [-0.2, -0.15) is 0 Å². The third-order valence-electron chi connectivity index (χ3n) is 3.57. The van der Waals surface area contributed by atoms with Crippen molar-refractivity contribution in [2.75, 3.05) is 13.1 Å². The van der Waals surface area contributed by atoms with Gasteiger partial charge in [0, 0.05) is 13.1 Å². The zero-order chi connectivity index (χ0) is 21.1. The molecule has 28 heavy (non-hydrogen) atoms. The quantitative estimate of drug-likeness (QED) is 0.573. The molecule has 0 aromatic carbocycles. The second-order valence-corrected chi connectivity index (χ2v) is 6.09. The molecule has 9 nitrogen and oxygen atoms in total. The van der Waals surface area contributed by atoms with E-state index in [-0.39, 0.29) is 11.4 Å². The first-order valence-corrected chi connectivity index (χ1v) is 9.24. The maximum absolute atomic E-state index is 12.2. The third kappa shape index (κ3) is 7.34. The van der Waals surface area contributed by atoms with Gasteiger partial charge in [-0.1, -0.05) is 19.9 Å². The van der Waals surface area contributed by atoms with E-state index >= 15 is 0 Å². The molecule has 1 aromatic rings. The number of nitrogens with one attached hydrogen (secondary N) is 2. The van der Waals surface area contributed by atoms with Crippen LogP contribution in [0.2, 0.25) is 0 Å². The van der Waals surface area contributed by atoms with Gasteiger partial charge in [-0.05, 0) is 38.8 Å². The van der Waals surface area contributed by atoms with Crippen LogP contribution in [0.25, 0.3) is 0 Å². The normalized spacial score (nSPS) is 12.4. The van der Waals surface area contributed by atoms with Gasteiger partial charge in [0.15, 0.2) is 12.2 Å². The molecule has 2 atom stereocenters. The van der Waals surface area contributed by atoms with Crippen molar-refractivity contribution in [1.29, 1.82) is 0 Å². The average Bonchev–Trinajstić information content (AvgIpc) is 2.69. The molecule has 1 aromatic heterocycles. The number of rotatable bonds is 10. The highest BCUT2D eigenvalue weighted by molar-refractivity contribution is 5.94. The van der Waals surface area contributed by atoms with Gasteiger partial charge in [0.2, 0.25) is 0 Å². The van der Waals surface area contributed by atoms with E-state index in [2.05, 4.69) is 15.6 Å². The van der Waals surface area contributed by atoms with E-state index < -0.39 is 36.0 Å². The molecule has 0 radical (unpaired) electrons. The predicted octanol–water partition coefficient (Wildman–Crippen LogP) is 1.22. The number of ether oxygens (including phenoxy) is 2. The third-order valence-corrected chi connectivity index (χ3v) is 3.57. The number of esters is 2. The van der Waals surface area contributed by atoms with E-state index in [0.717, 1.165) is 12.8 Å². The lowest BCUT2D eigenvalue weighted by Gasteiger charge is -2.14. The fourth-order valence-corrected chi connectivity index (χ4v) is 1.99. The Morgan fingerprint density at radius 2 is 1.25 bits per heavy atom. The Hall–Kier alpha value is -2.97. The van der Waals surface area contributed by atoms with E-state index in [1.54, 1.807) is 0 Å². The van der Waals surface area contributed by atoms with Crippen LogP contribution in [-0.2, 0) is 19.1 Å². The minimum atomic E-state index is -1.00. The predicted molar refractivity (Wildman–Crippen MR) is 101 cm³/mol. The molecular formula is C19H27N3O6. The van der Waals surface area contributed by atoms with Crippen LogP contribution >= 0.6 is 0 Å². The highest BCUT2D eigenvalue weighted by Crippen LogP contribution is 2.07. The molecular weight excluding hydrogens is 366 g/mol. The lowest BCUT2D eigenvalue weighted by molar-refractivity contribution is -0.129. The number of amides is 2. The summed E-state index contributed by atoms with van der Waals surface area (Å²) in [5.74, 6) is -2.53. The van der Waals surface area contributed by atoms with Crippen LogP contribution in [0.3, 0.4) is 0 Å². The number of pyridine rings is 1. The van der Waals surface area contributed by atoms with Crippen LogP contribution in [0.1, 0.15) is 61.5 Å². The summed E-state index contributed by atoms with van der Waals surface area (Å²) < 4.78 is 10.1. The Kier molecular flexibility index (Phi) is 9.63. The Morgan fingerprint density at radius 3 is 1.61 bits per heavy atom. The topological polar surface area (TPSA) is 124 Å². The fourth-order valence-electron chi connectivity index (χ4n) is 1.99. The average molecular weight is 393 g/mol. The largest absolute Gasteiger partial charge is 0.448 e. The molecule has 0 bridgehead atoms. The number of aromatic nitrogens is 1. The maximum atomic E-state index is 12.2. The molecule has 0 fully saturated rings. The molecule has 0 spiro atoms. The van der Waals surface area contributed by atoms with Crippen LogP contribution in [0.4, 0.5) is 0 Å². The monoisotopic (exact) mass is 393 g/mol. The molecule has 0 saturated carbocycles. The molecule has 0 aliphatic carbocycles. The number of hydrogen-bond acceptors (Lipinski definition) is 7. The van der Waals surface area contributed by atoms with Gasteiger partial charge in [-0.25, -0.2) is 14.6 Å². The van der Waals surface area contributed by atoms with Crippen LogP contribution < -0.4 is 10.6 Å². The Morgan fingerprint density at radius 1 is 0.857 bits per heavy atom. The lowest BCUT2D eigenvalue weighted by Crippen LogP contribution is -2.36. The molecule has 154 valence electrons. The summed E-state index contributed by atoms with van der Waals surface area (Å²) in [6.45, 7) is 7.64. The molecule has 1 heterocycles. The molecule has 0 aliphatic heterocycles. The lowest BCUT2D eigenvalue weighted by atomic mass is 10.3. The number of nitrogens with zero attached hydrogens (tertiary/aromatic N) is 1. The second kappa shape index (κ2) is 11.7. The van der Waals surface area contributed by atoms with E-state index in [0.29, 0.717) is 13.1 Å². The Balaban J connectivity index is 2.72. The van der Waals surface area contributed by atoms with Crippen molar-refractivity contribution in [2.24, 2.45) is 0 Å². The van der Waals surface area contributed by atoms with Crippen LogP contribution in [-0.4, -0.2) is 54.0 Å². The minimum absolute atomic E-state index is 0.146. The van der Waals surface area contributed by atoms with Gasteiger partial charge in [0.25, 0.3) is 11.8 Å². The molecule has 2 N–H and O–H groups in total. The summed E-state index contributed by atoms with van der Waals surface area (Å²) >= 11 is 0. The fraction of sp³-hybridized carbons (Fsp3) is 0.526. The summed E-state index contributed by atoms with van der Waals surface area (Å²) in [5.41, 5.74) is -0.291. The smallest absolute Gasteiger partial charge is 0.357 e. The standard InChI is InChI=1S/C19H27N3O6/c1-5-10-20-16(23)12(3)27-18(25)14-8-7-9-15(22-14)19(26)28-13(4)17(24)21-11-6-2/h7-9,12-13H,5-6,10-11H2,1-4H3,(H,20,23)(H,21,24)/t12-,13-/m1/s1. The second-order valence-electron chi connectivity index (χ2n) is 6.09. The Labute approximate surface area is 164 Å². The molecule has 0 unspecified atom stereocenters. The van der Waals surface area contributed by atoms with Crippen molar-refractivity contribution in [2.45, 2.75) is 52.7 Å². The van der Waals surface area contributed by atoms with Crippen LogP contribution in [0.5, 0.6) is 0 Å². The maximum Gasteiger partial charge on any atom is 0.357 e. The van der Waals surface area contributed by atoms with Gasteiger partial charge in [0.05, 0.1) is 0 Å². The van der Waals surface area contributed by atoms with Crippen molar-refractivity contribution in [3.8, 4) is 0 Å². The van der Waals surface area contributed by atoms with Crippen LogP contribution in [0.15, 0.2) is 18.2 Å². The summed E-state index contributed by atoms with van der Waals surface area (Å²) in [7, 11) is 0. The first-order valence-electron chi connectivity index (χ1n) is 9.24. The molecule has 9 heteroatoms. The molecule has 0 saturated heterocycles. The van der Waals surface area contributed by atoms with Gasteiger partial charge in [0.1, 0.15) is 11.4 Å². The van der Waals surface area contributed by atoms with Crippen molar-refractivity contribution < 1.29 is 28.7 Å². The molecule has 2 amide bonds. The van der Waals surface area contributed by atoms with Crippen molar-refractivity contribution in [3.63, 3.8) is 0 Å². The summed E-state index contributed by atoms with van der Waals surface area (Å²) in [6.07, 6.45) is -0.488. The van der Waals surface area contributed by atoms with Gasteiger partial charge in [-0.15, -0.1) is 0 Å². The highest BCUT2D eigenvalue weighted by Gasteiger charge is 2.22. The first-order chi connectivity index (χ1) is 13.3. The van der Waals surface area contributed by atoms with Crippen LogP contribution in [0, 0.1) is 0 Å². The van der Waals surface area contributed by atoms with Crippen molar-refractivity contribution in [3.05, 3.63) is 29.6 Å². The summed E-state index contributed by atoms with van der Waals surface area (Å²) in [6, 6.07) is 4.14. The van der Waals surface area contributed by atoms with E-state index in [1.807, 2.05) is 13.8 Å². The zero-order valence-electron chi connectivity index (χ0n) is 16.6. The van der Waals surface area contributed by atoms with Gasteiger partial charge >= 0.3 is 11.9 Å². The van der Waals surface area contributed by atoms with Gasteiger partial charge < -0.3 is 20.1 Å². The Bertz CT molecular complexity index is 651. The summed E-state index contributed by atoms with van der Waals surface area (Å²) in [4.78, 5) is 51.8. The highest BCUT2D eigenvalue weighted by atomic mass is 16.6. The van der Waals surface area contributed by atoms with E-state index in [9.17, 15) is 19.2 Å². The number of carbonyl (C=O) groups excluding carboxylic acids is 4. The number of hydrogen-bond donors (Lipinski definition) is 2. The summed E-state index contributed by atoms with van der Waals surface area (Å²) in [5, 5.41) is 5.23. The number of carbonyl (C=O) groups is 4. The zero-order valence-corrected chi connectivity index (χ0v) is 16.6. The first kappa shape index (κ1) is 23.1. The minimum Gasteiger partial charge on any atom is -0.448 e. The molecule has 1 rings (SSSR count). The van der Waals surface area contributed by atoms with E-state index in [1.165, 1.54) is 32.0 Å². The van der Waals surface area contributed by atoms with Crippen molar-refractivity contribution in [1.82, 2.24) is 15.6 Å². The van der Waals surface area contributed by atoms with E-state index in [4.69, 9.17) is 9.47 Å². The SMILES string of the molecule is CCCNC(=O)[C@@H](C)OC(=O)c1cccc(C(=O)O[C@H](C)C(=O)NCCC)n1. The molecule has 0 aliphatic rings.